The third-order valence-corrected chi connectivity index (χ3v) is 4.28. The van der Waals surface area contributed by atoms with E-state index < -0.39 is 0 Å². The van der Waals surface area contributed by atoms with Gasteiger partial charge in [0.2, 0.25) is 0 Å². The lowest BCUT2D eigenvalue weighted by molar-refractivity contribution is -0.123. The van der Waals surface area contributed by atoms with Crippen LogP contribution in [0.4, 0.5) is 0 Å². The van der Waals surface area contributed by atoms with Crippen molar-refractivity contribution in [2.75, 3.05) is 6.61 Å². The molecule has 1 unspecified atom stereocenters. The van der Waals surface area contributed by atoms with E-state index in [0.29, 0.717) is 11.3 Å². The van der Waals surface area contributed by atoms with Crippen molar-refractivity contribution in [3.63, 3.8) is 0 Å². The quantitative estimate of drug-likeness (QED) is 0.677. The third-order valence-electron chi connectivity index (χ3n) is 4.28. The third kappa shape index (κ3) is 4.09. The lowest BCUT2D eigenvalue weighted by Gasteiger charge is -2.16. The van der Waals surface area contributed by atoms with Crippen molar-refractivity contribution in [3.05, 3.63) is 77.9 Å². The van der Waals surface area contributed by atoms with Gasteiger partial charge in [-0.1, -0.05) is 48.5 Å². The first-order chi connectivity index (χ1) is 12.5. The summed E-state index contributed by atoms with van der Waals surface area (Å²) in [5.74, 6) is 0.100. The molecule has 26 heavy (non-hydrogen) atoms. The number of hydrogen-bond donors (Lipinski definition) is 1. The molecule has 1 amide bonds. The van der Waals surface area contributed by atoms with Gasteiger partial charge in [0, 0.05) is 0 Å². The Labute approximate surface area is 152 Å². The SMILES string of the molecule is CC(=O)c1ccccc1OCC(=O)NC(C)c1ccc2ccccc2c1. The minimum absolute atomic E-state index is 0.0921. The molecule has 0 saturated carbocycles. The molecule has 3 aromatic rings. The van der Waals surface area contributed by atoms with Crippen LogP contribution in [0.1, 0.15) is 35.8 Å². The van der Waals surface area contributed by atoms with Crippen LogP contribution in [-0.2, 0) is 4.79 Å². The average molecular weight is 347 g/mol. The van der Waals surface area contributed by atoms with Crippen LogP contribution in [0.25, 0.3) is 10.8 Å². The molecule has 1 N–H and O–H groups in total. The Bertz CT molecular complexity index is 949. The van der Waals surface area contributed by atoms with Gasteiger partial charge in [0.05, 0.1) is 11.6 Å². The summed E-state index contributed by atoms with van der Waals surface area (Å²) in [7, 11) is 0. The zero-order valence-electron chi connectivity index (χ0n) is 14.9. The standard InChI is InChI=1S/C22H21NO3/c1-15(18-12-11-17-7-3-4-8-19(17)13-18)23-22(25)14-26-21-10-6-5-9-20(21)16(2)24/h3-13,15H,14H2,1-2H3,(H,23,25). The highest BCUT2D eigenvalue weighted by Gasteiger charge is 2.13. The summed E-state index contributed by atoms with van der Waals surface area (Å²) in [4.78, 5) is 23.8. The first-order valence-electron chi connectivity index (χ1n) is 8.55. The summed E-state index contributed by atoms with van der Waals surface area (Å²) in [6.45, 7) is 3.28. The molecule has 0 aliphatic heterocycles. The Morgan fingerprint density at radius 3 is 2.42 bits per heavy atom. The number of Topliss-reactive ketones (excluding diaryl/α,β-unsaturated/α-hetero) is 1. The second-order valence-electron chi connectivity index (χ2n) is 6.24. The maximum absolute atomic E-state index is 12.2. The number of benzene rings is 3. The Morgan fingerprint density at radius 1 is 0.962 bits per heavy atom. The molecule has 4 heteroatoms. The highest BCUT2D eigenvalue weighted by molar-refractivity contribution is 5.96. The number of hydrogen-bond acceptors (Lipinski definition) is 3. The first kappa shape index (κ1) is 17.7. The Morgan fingerprint density at radius 2 is 1.65 bits per heavy atom. The maximum Gasteiger partial charge on any atom is 0.258 e. The van der Waals surface area contributed by atoms with Gasteiger partial charge in [-0.2, -0.15) is 0 Å². The van der Waals surface area contributed by atoms with Gasteiger partial charge in [0.1, 0.15) is 5.75 Å². The Hall–Kier alpha value is -3.14. The van der Waals surface area contributed by atoms with Crippen molar-refractivity contribution in [1.82, 2.24) is 5.32 Å². The molecule has 3 rings (SSSR count). The van der Waals surface area contributed by atoms with Crippen LogP contribution in [0.2, 0.25) is 0 Å². The highest BCUT2D eigenvalue weighted by atomic mass is 16.5. The number of para-hydroxylation sites is 1. The lowest BCUT2D eigenvalue weighted by Crippen LogP contribution is -2.31. The van der Waals surface area contributed by atoms with Gasteiger partial charge in [-0.05, 0) is 48.4 Å². The van der Waals surface area contributed by atoms with Gasteiger partial charge < -0.3 is 10.1 Å². The Balaban J connectivity index is 1.63. The first-order valence-corrected chi connectivity index (χ1v) is 8.55. The van der Waals surface area contributed by atoms with E-state index in [1.165, 1.54) is 12.3 Å². The predicted molar refractivity (Wildman–Crippen MR) is 102 cm³/mol. The van der Waals surface area contributed by atoms with Crippen LogP contribution in [0.3, 0.4) is 0 Å². The van der Waals surface area contributed by atoms with Crippen LogP contribution < -0.4 is 10.1 Å². The number of fused-ring (bicyclic) bond motifs is 1. The van der Waals surface area contributed by atoms with Gasteiger partial charge in [0.15, 0.2) is 12.4 Å². The number of carbonyl (C=O) groups is 2. The van der Waals surface area contributed by atoms with E-state index in [-0.39, 0.29) is 24.3 Å². The smallest absolute Gasteiger partial charge is 0.258 e. The molecule has 132 valence electrons. The molecule has 0 aliphatic carbocycles. The average Bonchev–Trinajstić information content (AvgIpc) is 2.66. The molecular formula is C22H21NO3. The van der Waals surface area contributed by atoms with Crippen molar-refractivity contribution < 1.29 is 14.3 Å². The lowest BCUT2D eigenvalue weighted by atomic mass is 10.0. The predicted octanol–water partition coefficient (Wildman–Crippen LogP) is 4.30. The van der Waals surface area contributed by atoms with E-state index in [1.807, 2.05) is 31.2 Å². The van der Waals surface area contributed by atoms with Crippen molar-refractivity contribution in [2.45, 2.75) is 19.9 Å². The van der Waals surface area contributed by atoms with Crippen LogP contribution in [-0.4, -0.2) is 18.3 Å². The van der Waals surface area contributed by atoms with E-state index >= 15 is 0 Å². The largest absolute Gasteiger partial charge is 0.483 e. The molecule has 0 aromatic heterocycles. The van der Waals surface area contributed by atoms with E-state index in [4.69, 9.17) is 4.74 Å². The van der Waals surface area contributed by atoms with Gasteiger partial charge in [-0.25, -0.2) is 0 Å². The number of rotatable bonds is 6. The second kappa shape index (κ2) is 7.83. The molecule has 0 radical (unpaired) electrons. The molecular weight excluding hydrogens is 326 g/mol. The monoisotopic (exact) mass is 347 g/mol. The molecule has 0 fully saturated rings. The van der Waals surface area contributed by atoms with Crippen LogP contribution in [0, 0.1) is 0 Å². The van der Waals surface area contributed by atoms with Crippen LogP contribution >= 0.6 is 0 Å². The normalized spacial score (nSPS) is 11.8. The van der Waals surface area contributed by atoms with Crippen molar-refractivity contribution >= 4 is 22.5 Å². The summed E-state index contributed by atoms with van der Waals surface area (Å²) < 4.78 is 5.53. The number of nitrogens with one attached hydrogen (secondary N) is 1. The van der Waals surface area contributed by atoms with Crippen molar-refractivity contribution in [1.29, 1.82) is 0 Å². The fourth-order valence-electron chi connectivity index (χ4n) is 2.87. The van der Waals surface area contributed by atoms with Gasteiger partial charge >= 0.3 is 0 Å². The zero-order chi connectivity index (χ0) is 18.5. The second-order valence-corrected chi connectivity index (χ2v) is 6.24. The van der Waals surface area contributed by atoms with Crippen LogP contribution in [0.5, 0.6) is 5.75 Å². The molecule has 0 heterocycles. The number of carbonyl (C=O) groups excluding carboxylic acids is 2. The highest BCUT2D eigenvalue weighted by Crippen LogP contribution is 2.21. The van der Waals surface area contributed by atoms with Crippen molar-refractivity contribution in [3.8, 4) is 5.75 Å². The summed E-state index contributed by atoms with van der Waals surface area (Å²) in [5, 5.41) is 5.23. The van der Waals surface area contributed by atoms with Gasteiger partial charge in [-0.3, -0.25) is 9.59 Å². The summed E-state index contributed by atoms with van der Waals surface area (Å²) in [5.41, 5.74) is 1.50. The van der Waals surface area contributed by atoms with E-state index in [1.54, 1.807) is 24.3 Å². The van der Waals surface area contributed by atoms with E-state index in [9.17, 15) is 9.59 Å². The molecule has 0 bridgehead atoms. The number of ketones is 1. The van der Waals surface area contributed by atoms with Crippen molar-refractivity contribution in [2.24, 2.45) is 0 Å². The van der Waals surface area contributed by atoms with Gasteiger partial charge in [-0.15, -0.1) is 0 Å². The molecule has 1 atom stereocenters. The van der Waals surface area contributed by atoms with Gasteiger partial charge in [0.25, 0.3) is 5.91 Å². The number of amides is 1. The molecule has 0 spiro atoms. The topological polar surface area (TPSA) is 55.4 Å². The Kier molecular flexibility index (Phi) is 5.32. The maximum atomic E-state index is 12.2. The fraction of sp³-hybridized carbons (Fsp3) is 0.182. The number of ether oxygens (including phenoxy) is 1. The molecule has 0 saturated heterocycles. The minimum Gasteiger partial charge on any atom is -0.483 e. The summed E-state index contributed by atoms with van der Waals surface area (Å²) in [6.07, 6.45) is 0. The molecule has 0 aliphatic rings. The minimum atomic E-state index is -0.232. The summed E-state index contributed by atoms with van der Waals surface area (Å²) in [6, 6.07) is 21.0. The fourth-order valence-corrected chi connectivity index (χ4v) is 2.87. The zero-order valence-corrected chi connectivity index (χ0v) is 14.9. The molecule has 3 aromatic carbocycles. The van der Waals surface area contributed by atoms with E-state index in [2.05, 4.69) is 23.5 Å². The summed E-state index contributed by atoms with van der Waals surface area (Å²) >= 11 is 0. The molecule has 4 nitrogen and oxygen atoms in total. The van der Waals surface area contributed by atoms with E-state index in [0.717, 1.165) is 10.9 Å². The van der Waals surface area contributed by atoms with Crippen LogP contribution in [0.15, 0.2) is 66.7 Å².